The molecule has 2 aromatic rings. The van der Waals surface area contributed by atoms with E-state index in [9.17, 15) is 18.0 Å². The molecule has 1 aliphatic carbocycles. The predicted octanol–water partition coefficient (Wildman–Crippen LogP) is 2.62. The van der Waals surface area contributed by atoms with Crippen molar-refractivity contribution in [3.8, 4) is 0 Å². The molecule has 8 heteroatoms. The standard InChI is InChI=1S/C18H18N2O5S/c1-25-18(22)13-4-2-7-16(10-13)26(23,24)20-15-6-3-5-14(11-15)19-17(21)12-8-9-12/h2-7,10-12,20H,8-9H2,1H3,(H,19,21). The maximum Gasteiger partial charge on any atom is 0.337 e. The first-order valence-corrected chi connectivity index (χ1v) is 9.49. The summed E-state index contributed by atoms with van der Waals surface area (Å²) >= 11 is 0. The third-order valence-corrected chi connectivity index (χ3v) is 5.27. The van der Waals surface area contributed by atoms with Gasteiger partial charge in [-0.25, -0.2) is 13.2 Å². The SMILES string of the molecule is COC(=O)c1cccc(S(=O)(=O)Nc2cccc(NC(=O)C3CC3)c2)c1. The van der Waals surface area contributed by atoms with E-state index in [1.165, 1.54) is 31.4 Å². The number of hydrogen-bond acceptors (Lipinski definition) is 5. The lowest BCUT2D eigenvalue weighted by molar-refractivity contribution is -0.117. The van der Waals surface area contributed by atoms with E-state index in [4.69, 9.17) is 0 Å². The van der Waals surface area contributed by atoms with Crippen molar-refractivity contribution >= 4 is 33.3 Å². The van der Waals surface area contributed by atoms with Gasteiger partial charge in [-0.15, -0.1) is 0 Å². The summed E-state index contributed by atoms with van der Waals surface area (Å²) in [7, 11) is -2.67. The number of amides is 1. The van der Waals surface area contributed by atoms with Crippen molar-refractivity contribution in [1.82, 2.24) is 0 Å². The summed E-state index contributed by atoms with van der Waals surface area (Å²) in [5.74, 6) is -0.626. The van der Waals surface area contributed by atoms with Crippen molar-refractivity contribution in [2.24, 2.45) is 5.92 Å². The largest absolute Gasteiger partial charge is 0.465 e. The number of sulfonamides is 1. The number of nitrogens with one attached hydrogen (secondary N) is 2. The van der Waals surface area contributed by atoms with Gasteiger partial charge >= 0.3 is 5.97 Å². The molecule has 0 aromatic heterocycles. The van der Waals surface area contributed by atoms with Gasteiger partial charge in [-0.2, -0.15) is 0 Å². The van der Waals surface area contributed by atoms with Crippen LogP contribution >= 0.6 is 0 Å². The maximum absolute atomic E-state index is 12.6. The molecule has 26 heavy (non-hydrogen) atoms. The van der Waals surface area contributed by atoms with Crippen LogP contribution in [0.2, 0.25) is 0 Å². The molecular formula is C18H18N2O5S. The van der Waals surface area contributed by atoms with E-state index in [2.05, 4.69) is 14.8 Å². The minimum absolute atomic E-state index is 0.0522. The molecule has 1 saturated carbocycles. The minimum Gasteiger partial charge on any atom is -0.465 e. The lowest BCUT2D eigenvalue weighted by Crippen LogP contribution is -2.15. The number of anilines is 2. The molecule has 2 N–H and O–H groups in total. The van der Waals surface area contributed by atoms with E-state index in [0.717, 1.165) is 12.8 Å². The summed E-state index contributed by atoms with van der Waals surface area (Å²) in [4.78, 5) is 23.3. The number of benzene rings is 2. The molecule has 1 fully saturated rings. The predicted molar refractivity (Wildman–Crippen MR) is 96.4 cm³/mol. The zero-order chi connectivity index (χ0) is 18.7. The van der Waals surface area contributed by atoms with Crippen LogP contribution in [0.3, 0.4) is 0 Å². The molecule has 0 saturated heterocycles. The monoisotopic (exact) mass is 374 g/mol. The van der Waals surface area contributed by atoms with Crippen LogP contribution in [0.5, 0.6) is 0 Å². The Morgan fingerprint density at radius 1 is 1.04 bits per heavy atom. The van der Waals surface area contributed by atoms with Crippen LogP contribution < -0.4 is 10.0 Å². The zero-order valence-electron chi connectivity index (χ0n) is 14.1. The van der Waals surface area contributed by atoms with Crippen LogP contribution in [-0.2, 0) is 19.6 Å². The Hall–Kier alpha value is -2.87. The second-order valence-corrected chi connectivity index (χ2v) is 7.65. The van der Waals surface area contributed by atoms with E-state index in [-0.39, 0.29) is 22.3 Å². The first kappa shape index (κ1) is 17.9. The highest BCUT2D eigenvalue weighted by atomic mass is 32.2. The van der Waals surface area contributed by atoms with Crippen molar-refractivity contribution in [3.05, 3.63) is 54.1 Å². The van der Waals surface area contributed by atoms with Crippen LogP contribution in [0, 0.1) is 5.92 Å². The Bertz CT molecular complexity index is 952. The lowest BCUT2D eigenvalue weighted by atomic mass is 10.2. The van der Waals surface area contributed by atoms with Crippen molar-refractivity contribution in [2.45, 2.75) is 17.7 Å². The van der Waals surface area contributed by atoms with Gasteiger partial charge in [0, 0.05) is 11.6 Å². The smallest absolute Gasteiger partial charge is 0.337 e. The average Bonchev–Trinajstić information content (AvgIpc) is 3.46. The molecule has 0 aliphatic heterocycles. The topological polar surface area (TPSA) is 102 Å². The molecule has 0 atom stereocenters. The van der Waals surface area contributed by atoms with E-state index in [1.807, 2.05) is 0 Å². The highest BCUT2D eigenvalue weighted by Crippen LogP contribution is 2.30. The Morgan fingerprint density at radius 2 is 1.73 bits per heavy atom. The van der Waals surface area contributed by atoms with Gasteiger partial charge in [-0.05, 0) is 49.2 Å². The van der Waals surface area contributed by atoms with Crippen molar-refractivity contribution in [1.29, 1.82) is 0 Å². The van der Waals surface area contributed by atoms with E-state index in [0.29, 0.717) is 11.4 Å². The van der Waals surface area contributed by atoms with E-state index < -0.39 is 16.0 Å². The van der Waals surface area contributed by atoms with Crippen LogP contribution in [-0.4, -0.2) is 27.4 Å². The molecular weight excluding hydrogens is 356 g/mol. The molecule has 0 radical (unpaired) electrons. The summed E-state index contributed by atoms with van der Waals surface area (Å²) in [5.41, 5.74) is 0.966. The summed E-state index contributed by atoms with van der Waals surface area (Å²) in [6.07, 6.45) is 1.77. The molecule has 0 spiro atoms. The second-order valence-electron chi connectivity index (χ2n) is 5.97. The van der Waals surface area contributed by atoms with Crippen LogP contribution in [0.25, 0.3) is 0 Å². The fourth-order valence-electron chi connectivity index (χ4n) is 2.37. The lowest BCUT2D eigenvalue weighted by Gasteiger charge is -2.11. The van der Waals surface area contributed by atoms with E-state index >= 15 is 0 Å². The van der Waals surface area contributed by atoms with E-state index in [1.54, 1.807) is 24.3 Å². The Morgan fingerprint density at radius 3 is 2.42 bits per heavy atom. The highest BCUT2D eigenvalue weighted by molar-refractivity contribution is 7.92. The molecule has 0 heterocycles. The number of carbonyl (C=O) groups is 2. The molecule has 2 aromatic carbocycles. The molecule has 0 unspecified atom stereocenters. The summed E-state index contributed by atoms with van der Waals surface area (Å²) in [6.45, 7) is 0. The van der Waals surface area contributed by atoms with Gasteiger partial charge < -0.3 is 10.1 Å². The number of rotatable bonds is 6. The first-order chi connectivity index (χ1) is 12.4. The van der Waals surface area contributed by atoms with Crippen molar-refractivity contribution in [2.75, 3.05) is 17.1 Å². The van der Waals surface area contributed by atoms with Gasteiger partial charge in [0.2, 0.25) is 5.91 Å². The molecule has 1 aliphatic rings. The minimum atomic E-state index is -3.90. The number of ether oxygens (including phenoxy) is 1. The number of carbonyl (C=O) groups excluding carboxylic acids is 2. The van der Waals surface area contributed by atoms with Crippen molar-refractivity contribution in [3.63, 3.8) is 0 Å². The highest BCUT2D eigenvalue weighted by Gasteiger charge is 2.29. The zero-order valence-corrected chi connectivity index (χ0v) is 14.9. The van der Waals surface area contributed by atoms with Gasteiger partial charge in [0.1, 0.15) is 0 Å². The quantitative estimate of drug-likeness (QED) is 0.757. The summed E-state index contributed by atoms with van der Waals surface area (Å²) in [5, 5.41) is 2.77. The second kappa shape index (κ2) is 7.17. The average molecular weight is 374 g/mol. The van der Waals surface area contributed by atoms with Crippen LogP contribution in [0.1, 0.15) is 23.2 Å². The van der Waals surface area contributed by atoms with Crippen LogP contribution in [0.4, 0.5) is 11.4 Å². The fourth-order valence-corrected chi connectivity index (χ4v) is 3.47. The molecule has 7 nitrogen and oxygen atoms in total. The summed E-state index contributed by atoms with van der Waals surface area (Å²) < 4.78 is 32.2. The first-order valence-electron chi connectivity index (χ1n) is 8.01. The van der Waals surface area contributed by atoms with Crippen LogP contribution in [0.15, 0.2) is 53.4 Å². The van der Waals surface area contributed by atoms with Gasteiger partial charge in [0.25, 0.3) is 10.0 Å². The van der Waals surface area contributed by atoms with Gasteiger partial charge in [-0.1, -0.05) is 12.1 Å². The number of esters is 1. The maximum atomic E-state index is 12.6. The molecule has 0 bridgehead atoms. The van der Waals surface area contributed by atoms with Crippen molar-refractivity contribution < 1.29 is 22.7 Å². The Labute approximate surface area is 151 Å². The van der Waals surface area contributed by atoms with Gasteiger partial charge in [0.15, 0.2) is 0 Å². The molecule has 3 rings (SSSR count). The summed E-state index contributed by atoms with van der Waals surface area (Å²) in [6, 6.07) is 12.0. The third kappa shape index (κ3) is 4.20. The normalized spacial score (nSPS) is 13.7. The third-order valence-electron chi connectivity index (χ3n) is 3.90. The molecule has 136 valence electrons. The van der Waals surface area contributed by atoms with Gasteiger partial charge in [-0.3, -0.25) is 9.52 Å². The molecule has 1 amide bonds. The Balaban J connectivity index is 1.79. The number of hydrogen-bond donors (Lipinski definition) is 2. The van der Waals surface area contributed by atoms with Gasteiger partial charge in [0.05, 0.1) is 23.3 Å². The fraction of sp³-hybridized carbons (Fsp3) is 0.222. The Kier molecular flexibility index (Phi) is 4.94. The number of methoxy groups -OCH3 is 1.